The SMILES string of the molecule is CNCC1CCCN(C2CCN(C)CC2)C1. The molecule has 0 bridgehead atoms. The summed E-state index contributed by atoms with van der Waals surface area (Å²) in [5, 5.41) is 3.33. The van der Waals surface area contributed by atoms with Gasteiger partial charge in [-0.15, -0.1) is 0 Å². The molecule has 16 heavy (non-hydrogen) atoms. The van der Waals surface area contributed by atoms with Gasteiger partial charge in [0.1, 0.15) is 0 Å². The van der Waals surface area contributed by atoms with E-state index in [0.29, 0.717) is 0 Å². The van der Waals surface area contributed by atoms with Gasteiger partial charge in [-0.2, -0.15) is 0 Å². The Labute approximate surface area is 100 Å². The van der Waals surface area contributed by atoms with Crippen LogP contribution in [0.2, 0.25) is 0 Å². The zero-order valence-corrected chi connectivity index (χ0v) is 10.9. The molecule has 1 atom stereocenters. The zero-order valence-electron chi connectivity index (χ0n) is 10.9. The van der Waals surface area contributed by atoms with Crippen molar-refractivity contribution in [2.45, 2.75) is 31.7 Å². The topological polar surface area (TPSA) is 18.5 Å². The van der Waals surface area contributed by atoms with Crippen LogP contribution in [0.3, 0.4) is 0 Å². The maximum absolute atomic E-state index is 3.33. The molecule has 2 fully saturated rings. The summed E-state index contributed by atoms with van der Waals surface area (Å²) in [6, 6.07) is 0.871. The van der Waals surface area contributed by atoms with Gasteiger partial charge in [-0.25, -0.2) is 0 Å². The smallest absolute Gasteiger partial charge is 0.0120 e. The van der Waals surface area contributed by atoms with E-state index in [1.807, 2.05) is 0 Å². The number of rotatable bonds is 3. The third-order valence-corrected chi connectivity index (χ3v) is 4.25. The number of piperidine rings is 2. The van der Waals surface area contributed by atoms with Crippen LogP contribution in [0.25, 0.3) is 0 Å². The summed E-state index contributed by atoms with van der Waals surface area (Å²) < 4.78 is 0. The van der Waals surface area contributed by atoms with E-state index in [9.17, 15) is 0 Å². The third-order valence-electron chi connectivity index (χ3n) is 4.25. The number of hydrogen-bond donors (Lipinski definition) is 1. The second kappa shape index (κ2) is 5.99. The third kappa shape index (κ3) is 3.19. The van der Waals surface area contributed by atoms with Gasteiger partial charge in [0, 0.05) is 12.6 Å². The Balaban J connectivity index is 1.80. The molecule has 0 aromatic rings. The van der Waals surface area contributed by atoms with Crippen molar-refractivity contribution >= 4 is 0 Å². The van der Waals surface area contributed by atoms with Gasteiger partial charge in [0.25, 0.3) is 0 Å². The molecule has 0 amide bonds. The van der Waals surface area contributed by atoms with Crippen LogP contribution < -0.4 is 5.32 Å². The molecule has 2 aliphatic heterocycles. The van der Waals surface area contributed by atoms with Crippen LogP contribution in [0.1, 0.15) is 25.7 Å². The molecular formula is C13H27N3. The van der Waals surface area contributed by atoms with Crippen molar-refractivity contribution in [2.75, 3.05) is 46.8 Å². The predicted molar refractivity (Wildman–Crippen MR) is 68.7 cm³/mol. The molecule has 0 aromatic carbocycles. The fourth-order valence-corrected chi connectivity index (χ4v) is 3.24. The van der Waals surface area contributed by atoms with E-state index in [4.69, 9.17) is 0 Å². The molecule has 1 N–H and O–H groups in total. The van der Waals surface area contributed by atoms with Gasteiger partial charge < -0.3 is 10.2 Å². The highest BCUT2D eigenvalue weighted by atomic mass is 15.2. The van der Waals surface area contributed by atoms with Crippen LogP contribution in [-0.2, 0) is 0 Å². The van der Waals surface area contributed by atoms with Crippen molar-refractivity contribution in [3.05, 3.63) is 0 Å². The Morgan fingerprint density at radius 3 is 2.56 bits per heavy atom. The second-order valence-corrected chi connectivity index (χ2v) is 5.60. The molecule has 3 nitrogen and oxygen atoms in total. The van der Waals surface area contributed by atoms with Crippen LogP contribution in [0.5, 0.6) is 0 Å². The van der Waals surface area contributed by atoms with E-state index in [0.717, 1.165) is 12.0 Å². The van der Waals surface area contributed by atoms with Crippen LogP contribution in [0.4, 0.5) is 0 Å². The van der Waals surface area contributed by atoms with Gasteiger partial charge in [0.2, 0.25) is 0 Å². The summed E-state index contributed by atoms with van der Waals surface area (Å²) >= 11 is 0. The maximum atomic E-state index is 3.33. The predicted octanol–water partition coefficient (Wildman–Crippen LogP) is 1.01. The molecule has 1 unspecified atom stereocenters. The van der Waals surface area contributed by atoms with Crippen molar-refractivity contribution in [1.29, 1.82) is 0 Å². The van der Waals surface area contributed by atoms with E-state index >= 15 is 0 Å². The summed E-state index contributed by atoms with van der Waals surface area (Å²) in [5.74, 6) is 0.887. The summed E-state index contributed by atoms with van der Waals surface area (Å²) in [4.78, 5) is 5.23. The molecule has 2 rings (SSSR count). The molecule has 0 spiro atoms. The van der Waals surface area contributed by atoms with E-state index in [1.54, 1.807) is 0 Å². The highest BCUT2D eigenvalue weighted by molar-refractivity contribution is 4.83. The Hall–Kier alpha value is -0.120. The fourth-order valence-electron chi connectivity index (χ4n) is 3.24. The normalized spacial score (nSPS) is 30.8. The van der Waals surface area contributed by atoms with Crippen molar-refractivity contribution < 1.29 is 0 Å². The maximum Gasteiger partial charge on any atom is 0.0120 e. The van der Waals surface area contributed by atoms with E-state index in [-0.39, 0.29) is 0 Å². The summed E-state index contributed by atoms with van der Waals surface area (Å²) in [7, 11) is 4.32. The largest absolute Gasteiger partial charge is 0.319 e. The minimum Gasteiger partial charge on any atom is -0.319 e. The molecule has 3 heteroatoms. The van der Waals surface area contributed by atoms with Crippen molar-refractivity contribution in [3.63, 3.8) is 0 Å². The van der Waals surface area contributed by atoms with Crippen molar-refractivity contribution in [3.8, 4) is 0 Å². The number of nitrogens with one attached hydrogen (secondary N) is 1. The van der Waals surface area contributed by atoms with Crippen LogP contribution in [0.15, 0.2) is 0 Å². The number of hydrogen-bond acceptors (Lipinski definition) is 3. The lowest BCUT2D eigenvalue weighted by atomic mass is 9.94. The summed E-state index contributed by atoms with van der Waals surface area (Å²) in [6.07, 6.45) is 5.58. The number of nitrogens with zero attached hydrogens (tertiary/aromatic N) is 2. The highest BCUT2D eigenvalue weighted by Crippen LogP contribution is 2.22. The second-order valence-electron chi connectivity index (χ2n) is 5.60. The molecule has 2 saturated heterocycles. The lowest BCUT2D eigenvalue weighted by Gasteiger charge is -2.41. The van der Waals surface area contributed by atoms with Gasteiger partial charge >= 0.3 is 0 Å². The van der Waals surface area contributed by atoms with E-state index in [1.165, 1.54) is 58.4 Å². The minimum absolute atomic E-state index is 0.871. The first-order chi connectivity index (χ1) is 7.79. The van der Waals surface area contributed by atoms with Crippen molar-refractivity contribution in [2.24, 2.45) is 5.92 Å². The number of likely N-dealkylation sites (tertiary alicyclic amines) is 2. The summed E-state index contributed by atoms with van der Waals surface area (Å²) in [5.41, 5.74) is 0. The van der Waals surface area contributed by atoms with E-state index in [2.05, 4.69) is 29.2 Å². The summed E-state index contributed by atoms with van der Waals surface area (Å²) in [6.45, 7) is 6.45. The quantitative estimate of drug-likeness (QED) is 0.773. The lowest BCUT2D eigenvalue weighted by Crippen LogP contribution is -2.48. The Morgan fingerprint density at radius 1 is 1.12 bits per heavy atom. The molecule has 0 saturated carbocycles. The average Bonchev–Trinajstić information content (AvgIpc) is 2.31. The zero-order chi connectivity index (χ0) is 11.4. The first-order valence-corrected chi connectivity index (χ1v) is 6.87. The van der Waals surface area contributed by atoms with Gasteiger partial charge in [0.05, 0.1) is 0 Å². The first-order valence-electron chi connectivity index (χ1n) is 6.87. The molecule has 0 radical (unpaired) electrons. The standard InChI is InChI=1S/C13H27N3/c1-14-10-12-4-3-7-16(11-12)13-5-8-15(2)9-6-13/h12-14H,3-11H2,1-2H3. The fraction of sp³-hybridized carbons (Fsp3) is 1.00. The van der Waals surface area contributed by atoms with Gasteiger partial charge in [-0.1, -0.05) is 0 Å². The molecular weight excluding hydrogens is 198 g/mol. The molecule has 2 aliphatic rings. The molecule has 0 aromatic heterocycles. The van der Waals surface area contributed by atoms with Gasteiger partial charge in [-0.05, 0) is 71.9 Å². The van der Waals surface area contributed by atoms with Gasteiger partial charge in [-0.3, -0.25) is 4.90 Å². The van der Waals surface area contributed by atoms with Crippen molar-refractivity contribution in [1.82, 2.24) is 15.1 Å². The molecule has 94 valence electrons. The molecule has 0 aliphatic carbocycles. The lowest BCUT2D eigenvalue weighted by molar-refractivity contribution is 0.0790. The average molecular weight is 225 g/mol. The van der Waals surface area contributed by atoms with Crippen LogP contribution in [-0.4, -0.2) is 62.7 Å². The monoisotopic (exact) mass is 225 g/mol. The van der Waals surface area contributed by atoms with Crippen LogP contribution in [0, 0.1) is 5.92 Å². The highest BCUT2D eigenvalue weighted by Gasteiger charge is 2.27. The Kier molecular flexibility index (Phi) is 4.62. The van der Waals surface area contributed by atoms with Gasteiger partial charge in [0.15, 0.2) is 0 Å². The minimum atomic E-state index is 0.871. The molecule has 2 heterocycles. The Bertz CT molecular complexity index is 197. The Morgan fingerprint density at radius 2 is 1.88 bits per heavy atom. The first kappa shape index (κ1) is 12.3. The van der Waals surface area contributed by atoms with E-state index < -0.39 is 0 Å². The van der Waals surface area contributed by atoms with Crippen LogP contribution >= 0.6 is 0 Å².